The predicted octanol–water partition coefficient (Wildman–Crippen LogP) is 3.37. The van der Waals surface area contributed by atoms with E-state index in [1.807, 2.05) is 12.1 Å². The maximum absolute atomic E-state index is 6.31. The number of nitrogens with two attached hydrogens (primary N) is 1. The first-order chi connectivity index (χ1) is 15.3. The van der Waals surface area contributed by atoms with Crippen molar-refractivity contribution in [3.05, 3.63) is 36.7 Å². The lowest BCUT2D eigenvalue weighted by atomic mass is 9.90. The molecule has 6 rings (SSSR count). The van der Waals surface area contributed by atoms with Gasteiger partial charge >= 0.3 is 0 Å². The van der Waals surface area contributed by atoms with Crippen molar-refractivity contribution in [1.82, 2.24) is 29.6 Å². The number of rotatable bonds is 3. The topological polar surface area (TPSA) is 97.9 Å². The molecule has 2 fully saturated rings. The Morgan fingerprint density at radius 2 is 1.77 bits per heavy atom. The molecule has 4 heterocycles. The number of nitrogens with one attached hydrogen (secondary N) is 1. The molecule has 0 atom stereocenters. The van der Waals surface area contributed by atoms with Gasteiger partial charge in [-0.15, -0.1) is 0 Å². The van der Waals surface area contributed by atoms with E-state index in [-0.39, 0.29) is 0 Å². The summed E-state index contributed by atoms with van der Waals surface area (Å²) < 4.78 is 7.62. The average Bonchev–Trinajstić information content (AvgIpc) is 3.42. The maximum Gasteiger partial charge on any atom is 0.164 e. The molecule has 0 spiro atoms. The maximum atomic E-state index is 6.31. The van der Waals surface area contributed by atoms with Crippen molar-refractivity contribution in [2.45, 2.75) is 37.8 Å². The molecule has 4 aromatic rings. The minimum atomic E-state index is 0.326. The van der Waals surface area contributed by atoms with Crippen molar-refractivity contribution in [3.8, 4) is 11.4 Å². The molecular weight excluding hydrogens is 390 g/mol. The van der Waals surface area contributed by atoms with Gasteiger partial charge in [-0.2, -0.15) is 5.10 Å². The number of anilines is 1. The highest BCUT2D eigenvalue weighted by molar-refractivity contribution is 5.99. The average molecular weight is 418 g/mol. The summed E-state index contributed by atoms with van der Waals surface area (Å²) in [5.74, 6) is 0.479. The van der Waals surface area contributed by atoms with E-state index >= 15 is 0 Å². The molecule has 2 aliphatic rings. The number of benzene rings is 1. The van der Waals surface area contributed by atoms with E-state index in [0.717, 1.165) is 72.5 Å². The van der Waals surface area contributed by atoms with Crippen LogP contribution in [0.4, 0.5) is 5.82 Å². The van der Waals surface area contributed by atoms with Gasteiger partial charge in [0, 0.05) is 30.0 Å². The van der Waals surface area contributed by atoms with Gasteiger partial charge in [-0.3, -0.25) is 4.90 Å². The van der Waals surface area contributed by atoms with E-state index < -0.39 is 0 Å². The molecule has 0 unspecified atom stereocenters. The molecule has 0 bridgehead atoms. The summed E-state index contributed by atoms with van der Waals surface area (Å²) in [5, 5.41) is 7.04. The van der Waals surface area contributed by atoms with E-state index in [2.05, 4.69) is 42.7 Å². The summed E-state index contributed by atoms with van der Waals surface area (Å²) in [6, 6.07) is 11.3. The zero-order chi connectivity index (χ0) is 20.8. The van der Waals surface area contributed by atoms with Crippen LogP contribution in [0.15, 0.2) is 36.7 Å². The van der Waals surface area contributed by atoms with Crippen molar-refractivity contribution < 1.29 is 4.74 Å². The fourth-order valence-corrected chi connectivity index (χ4v) is 5.25. The Hall–Kier alpha value is -2.97. The Morgan fingerprint density at radius 3 is 2.58 bits per heavy atom. The van der Waals surface area contributed by atoms with Gasteiger partial charge in [0.1, 0.15) is 17.8 Å². The van der Waals surface area contributed by atoms with Crippen molar-refractivity contribution in [1.29, 1.82) is 0 Å². The van der Waals surface area contributed by atoms with E-state index in [4.69, 9.17) is 15.6 Å². The highest BCUT2D eigenvalue weighted by Gasteiger charge is 2.30. The standard InChI is InChI=1S/C23H27N7O/c24-22-20-21(19-13-15-3-1-2-4-18(15)27-19)28-30(23(20)26-14-25-22)17-7-5-16(6-8-17)29-9-11-31-12-10-29/h1-4,13-14,16-17,27H,5-12H2,(H2,24,25,26). The first-order valence-corrected chi connectivity index (χ1v) is 11.2. The zero-order valence-corrected chi connectivity index (χ0v) is 17.5. The molecular formula is C23H27N7O. The van der Waals surface area contributed by atoms with Gasteiger partial charge in [0.25, 0.3) is 0 Å². The van der Waals surface area contributed by atoms with Crippen LogP contribution in [0.25, 0.3) is 33.3 Å². The van der Waals surface area contributed by atoms with Crippen LogP contribution < -0.4 is 5.73 Å². The van der Waals surface area contributed by atoms with E-state index in [1.54, 1.807) is 6.33 Å². The lowest BCUT2D eigenvalue weighted by molar-refractivity contribution is 0.00520. The van der Waals surface area contributed by atoms with Crippen LogP contribution in [0.2, 0.25) is 0 Å². The Labute approximate surface area is 180 Å². The summed E-state index contributed by atoms with van der Waals surface area (Å²) >= 11 is 0. The molecule has 1 aliphatic carbocycles. The summed E-state index contributed by atoms with van der Waals surface area (Å²) in [4.78, 5) is 14.9. The molecule has 0 amide bonds. The molecule has 8 nitrogen and oxygen atoms in total. The van der Waals surface area contributed by atoms with Crippen LogP contribution in [-0.4, -0.2) is 62.0 Å². The van der Waals surface area contributed by atoms with Gasteiger partial charge in [0.2, 0.25) is 0 Å². The van der Waals surface area contributed by atoms with Crippen LogP contribution in [0.3, 0.4) is 0 Å². The summed E-state index contributed by atoms with van der Waals surface area (Å²) in [7, 11) is 0. The number of H-pyrrole nitrogens is 1. The number of nitrogen functional groups attached to an aromatic ring is 1. The van der Waals surface area contributed by atoms with Crippen LogP contribution in [-0.2, 0) is 4.74 Å². The smallest absolute Gasteiger partial charge is 0.164 e. The molecule has 1 saturated carbocycles. The highest BCUT2D eigenvalue weighted by atomic mass is 16.5. The number of hydrogen-bond acceptors (Lipinski definition) is 6. The minimum absolute atomic E-state index is 0.326. The first-order valence-electron chi connectivity index (χ1n) is 11.2. The summed E-state index contributed by atoms with van der Waals surface area (Å²) in [5.41, 5.74) is 10.0. The fraction of sp³-hybridized carbons (Fsp3) is 0.435. The SMILES string of the molecule is Nc1ncnc2c1c(-c1cc3ccccc3[nH]1)nn2C1CCC(N2CCOCC2)CC1. The molecule has 1 aliphatic heterocycles. The summed E-state index contributed by atoms with van der Waals surface area (Å²) in [6.07, 6.45) is 6.08. The normalized spacial score (nSPS) is 23.0. The second-order valence-corrected chi connectivity index (χ2v) is 8.63. The molecule has 8 heteroatoms. The fourth-order valence-electron chi connectivity index (χ4n) is 5.25. The van der Waals surface area contributed by atoms with Crippen LogP contribution in [0, 0.1) is 0 Å². The Morgan fingerprint density at radius 1 is 1.00 bits per heavy atom. The molecule has 31 heavy (non-hydrogen) atoms. The third-order valence-corrected chi connectivity index (χ3v) is 6.88. The third kappa shape index (κ3) is 3.26. The number of nitrogens with zero attached hydrogens (tertiary/aromatic N) is 5. The monoisotopic (exact) mass is 417 g/mol. The van der Waals surface area contributed by atoms with Crippen LogP contribution in [0.1, 0.15) is 31.7 Å². The van der Waals surface area contributed by atoms with E-state index in [9.17, 15) is 0 Å². The second kappa shape index (κ2) is 7.62. The summed E-state index contributed by atoms with van der Waals surface area (Å²) in [6.45, 7) is 3.81. The quantitative estimate of drug-likeness (QED) is 0.530. The second-order valence-electron chi connectivity index (χ2n) is 8.63. The number of fused-ring (bicyclic) bond motifs is 2. The lowest BCUT2D eigenvalue weighted by Gasteiger charge is -2.38. The molecule has 160 valence electrons. The van der Waals surface area contributed by atoms with Crippen molar-refractivity contribution in [3.63, 3.8) is 0 Å². The molecule has 0 radical (unpaired) electrons. The zero-order valence-electron chi connectivity index (χ0n) is 17.5. The Balaban J connectivity index is 1.35. The first kappa shape index (κ1) is 18.8. The Kier molecular flexibility index (Phi) is 4.61. The molecule has 3 aromatic heterocycles. The van der Waals surface area contributed by atoms with E-state index in [1.165, 1.54) is 12.8 Å². The number of aromatic amines is 1. The third-order valence-electron chi connectivity index (χ3n) is 6.88. The predicted molar refractivity (Wildman–Crippen MR) is 121 cm³/mol. The molecule has 3 N–H and O–H groups in total. The van der Waals surface area contributed by atoms with Gasteiger partial charge < -0.3 is 15.5 Å². The van der Waals surface area contributed by atoms with Gasteiger partial charge in [0.05, 0.1) is 30.3 Å². The van der Waals surface area contributed by atoms with E-state index in [0.29, 0.717) is 17.9 Å². The van der Waals surface area contributed by atoms with Crippen molar-refractivity contribution in [2.24, 2.45) is 0 Å². The molecule has 1 saturated heterocycles. The lowest BCUT2D eigenvalue weighted by Crippen LogP contribution is -2.45. The number of ether oxygens (including phenoxy) is 1. The largest absolute Gasteiger partial charge is 0.383 e. The van der Waals surface area contributed by atoms with Gasteiger partial charge in [0.15, 0.2) is 5.65 Å². The van der Waals surface area contributed by atoms with Crippen LogP contribution in [0.5, 0.6) is 0 Å². The van der Waals surface area contributed by atoms with Gasteiger partial charge in [-0.05, 0) is 37.8 Å². The Bertz CT molecular complexity index is 1180. The number of para-hydroxylation sites is 1. The van der Waals surface area contributed by atoms with Crippen molar-refractivity contribution in [2.75, 3.05) is 32.0 Å². The number of morpholine rings is 1. The van der Waals surface area contributed by atoms with Gasteiger partial charge in [-0.1, -0.05) is 18.2 Å². The number of aromatic nitrogens is 5. The highest BCUT2D eigenvalue weighted by Crippen LogP contribution is 2.37. The van der Waals surface area contributed by atoms with Crippen molar-refractivity contribution >= 4 is 27.8 Å². The minimum Gasteiger partial charge on any atom is -0.383 e. The molecule has 1 aromatic carbocycles. The number of hydrogen-bond donors (Lipinski definition) is 2. The van der Waals surface area contributed by atoms with Crippen LogP contribution >= 0.6 is 0 Å². The van der Waals surface area contributed by atoms with Gasteiger partial charge in [-0.25, -0.2) is 14.6 Å².